The second-order valence-electron chi connectivity index (χ2n) is 6.91. The molecule has 2 saturated heterocycles. The van der Waals surface area contributed by atoms with Gasteiger partial charge in [-0.1, -0.05) is 29.8 Å². The summed E-state index contributed by atoms with van der Waals surface area (Å²) in [6.45, 7) is 6.60. The number of aryl methyl sites for hydroxylation is 2. The van der Waals surface area contributed by atoms with Gasteiger partial charge >= 0.3 is 0 Å². The van der Waals surface area contributed by atoms with Gasteiger partial charge in [-0.2, -0.15) is 0 Å². The fourth-order valence-electron chi connectivity index (χ4n) is 3.47. The van der Waals surface area contributed by atoms with E-state index in [1.807, 2.05) is 4.90 Å². The lowest BCUT2D eigenvalue weighted by atomic mass is 10.1. The van der Waals surface area contributed by atoms with Crippen molar-refractivity contribution in [2.45, 2.75) is 38.6 Å². The van der Waals surface area contributed by atoms with Gasteiger partial charge < -0.3 is 10.2 Å². The molecule has 2 aliphatic heterocycles. The Morgan fingerprint density at radius 1 is 1.17 bits per heavy atom. The van der Waals surface area contributed by atoms with Gasteiger partial charge in [-0.05, 0) is 38.3 Å². The smallest absolute Gasteiger partial charge is 0.245 e. The van der Waals surface area contributed by atoms with E-state index in [1.165, 1.54) is 11.1 Å². The van der Waals surface area contributed by atoms with E-state index in [-0.39, 0.29) is 17.9 Å². The summed E-state index contributed by atoms with van der Waals surface area (Å²) in [5.41, 5.74) is 2.70. The van der Waals surface area contributed by atoms with E-state index in [0.29, 0.717) is 12.8 Å². The summed E-state index contributed by atoms with van der Waals surface area (Å²) in [7, 11) is 0. The lowest BCUT2D eigenvalue weighted by Gasteiger charge is -2.35. The number of nitrogens with one attached hydrogen (secondary N) is 1. The first-order valence-electron chi connectivity index (χ1n) is 8.98. The predicted octanol–water partition coefficient (Wildman–Crippen LogP) is 1.35. The lowest BCUT2D eigenvalue weighted by Crippen LogP contribution is -2.53. The third-order valence-electron chi connectivity index (χ3n) is 5.04. The van der Waals surface area contributed by atoms with Gasteiger partial charge in [0.2, 0.25) is 11.8 Å². The summed E-state index contributed by atoms with van der Waals surface area (Å²) in [5.74, 6) is 0.100. The van der Waals surface area contributed by atoms with Gasteiger partial charge in [0.05, 0.1) is 0 Å². The Hall–Kier alpha value is -1.88. The SMILES string of the molecule is Cc1ccc(CCCN2CCN(C(=O)[C@@H]3CCC(=O)N3)CC2)cc1. The zero-order valence-electron chi connectivity index (χ0n) is 14.5. The molecule has 0 aromatic heterocycles. The van der Waals surface area contributed by atoms with Crippen LogP contribution in [0.15, 0.2) is 24.3 Å². The molecule has 2 aliphatic rings. The zero-order valence-corrected chi connectivity index (χ0v) is 14.5. The summed E-state index contributed by atoms with van der Waals surface area (Å²) in [4.78, 5) is 28.0. The molecule has 1 aromatic carbocycles. The highest BCUT2D eigenvalue weighted by atomic mass is 16.2. The number of hydrogen-bond donors (Lipinski definition) is 1. The van der Waals surface area contributed by atoms with E-state index < -0.39 is 0 Å². The average Bonchev–Trinajstić information content (AvgIpc) is 3.03. The molecule has 5 heteroatoms. The van der Waals surface area contributed by atoms with Crippen LogP contribution >= 0.6 is 0 Å². The van der Waals surface area contributed by atoms with Crippen molar-refractivity contribution in [3.8, 4) is 0 Å². The van der Waals surface area contributed by atoms with E-state index in [0.717, 1.165) is 45.6 Å². The first-order chi connectivity index (χ1) is 11.6. The minimum Gasteiger partial charge on any atom is -0.344 e. The van der Waals surface area contributed by atoms with Crippen molar-refractivity contribution in [2.75, 3.05) is 32.7 Å². The number of nitrogens with zero attached hydrogens (tertiary/aromatic N) is 2. The molecule has 2 amide bonds. The van der Waals surface area contributed by atoms with Crippen LogP contribution in [0.3, 0.4) is 0 Å². The fourth-order valence-corrected chi connectivity index (χ4v) is 3.47. The van der Waals surface area contributed by atoms with Crippen LogP contribution in [0.4, 0.5) is 0 Å². The topological polar surface area (TPSA) is 52.7 Å². The van der Waals surface area contributed by atoms with Gasteiger partial charge in [-0.15, -0.1) is 0 Å². The Kier molecular flexibility index (Phi) is 5.51. The Labute approximate surface area is 144 Å². The van der Waals surface area contributed by atoms with Crippen LogP contribution in [0, 0.1) is 6.92 Å². The molecule has 0 bridgehead atoms. The Morgan fingerprint density at radius 2 is 1.88 bits per heavy atom. The Bertz CT molecular complexity index is 577. The Balaban J connectivity index is 1.36. The third kappa shape index (κ3) is 4.35. The van der Waals surface area contributed by atoms with Gasteiger partial charge in [0.15, 0.2) is 0 Å². The van der Waals surface area contributed by atoms with Gasteiger partial charge in [-0.3, -0.25) is 14.5 Å². The van der Waals surface area contributed by atoms with Gasteiger partial charge in [0, 0.05) is 32.6 Å². The van der Waals surface area contributed by atoms with Crippen molar-refractivity contribution in [2.24, 2.45) is 0 Å². The zero-order chi connectivity index (χ0) is 16.9. The highest BCUT2D eigenvalue weighted by Gasteiger charge is 2.32. The number of carbonyl (C=O) groups is 2. The van der Waals surface area contributed by atoms with E-state index >= 15 is 0 Å². The molecule has 0 aliphatic carbocycles. The second kappa shape index (κ2) is 7.79. The van der Waals surface area contributed by atoms with Crippen LogP contribution in [-0.4, -0.2) is 60.4 Å². The molecule has 5 nitrogen and oxygen atoms in total. The minimum absolute atomic E-state index is 0.00286. The number of hydrogen-bond acceptors (Lipinski definition) is 3. The highest BCUT2D eigenvalue weighted by molar-refractivity contribution is 5.90. The van der Waals surface area contributed by atoms with Crippen LogP contribution in [-0.2, 0) is 16.0 Å². The van der Waals surface area contributed by atoms with Crippen molar-refractivity contribution in [1.29, 1.82) is 0 Å². The lowest BCUT2D eigenvalue weighted by molar-refractivity contribution is -0.136. The number of piperazine rings is 1. The summed E-state index contributed by atoms with van der Waals surface area (Å²) >= 11 is 0. The van der Waals surface area contributed by atoms with Crippen LogP contribution in [0.1, 0.15) is 30.4 Å². The highest BCUT2D eigenvalue weighted by Crippen LogP contribution is 2.13. The molecule has 1 N–H and O–H groups in total. The maximum atomic E-state index is 12.4. The van der Waals surface area contributed by atoms with Gasteiger partial charge in [0.25, 0.3) is 0 Å². The third-order valence-corrected chi connectivity index (χ3v) is 5.04. The van der Waals surface area contributed by atoms with E-state index in [2.05, 4.69) is 41.4 Å². The molecule has 1 aromatic rings. The molecule has 0 spiro atoms. The van der Waals surface area contributed by atoms with E-state index in [1.54, 1.807) is 0 Å². The maximum Gasteiger partial charge on any atom is 0.245 e. The van der Waals surface area contributed by atoms with Crippen LogP contribution in [0.5, 0.6) is 0 Å². The molecule has 2 fully saturated rings. The summed E-state index contributed by atoms with van der Waals surface area (Å²) < 4.78 is 0. The molecular formula is C19H27N3O2. The Morgan fingerprint density at radius 3 is 2.50 bits per heavy atom. The molecule has 24 heavy (non-hydrogen) atoms. The van der Waals surface area contributed by atoms with Crippen molar-refractivity contribution in [3.63, 3.8) is 0 Å². The van der Waals surface area contributed by atoms with Crippen molar-refractivity contribution >= 4 is 11.8 Å². The number of carbonyl (C=O) groups excluding carboxylic acids is 2. The normalized spacial score (nSPS) is 21.8. The summed E-state index contributed by atoms with van der Waals surface area (Å²) in [6, 6.07) is 8.47. The quantitative estimate of drug-likeness (QED) is 0.887. The summed E-state index contributed by atoms with van der Waals surface area (Å²) in [5, 5.41) is 2.77. The molecule has 130 valence electrons. The van der Waals surface area contributed by atoms with E-state index in [4.69, 9.17) is 0 Å². The number of amides is 2. The van der Waals surface area contributed by atoms with Gasteiger partial charge in [0.1, 0.15) is 6.04 Å². The van der Waals surface area contributed by atoms with Gasteiger partial charge in [-0.25, -0.2) is 0 Å². The number of benzene rings is 1. The first kappa shape index (κ1) is 17.0. The van der Waals surface area contributed by atoms with Crippen molar-refractivity contribution in [3.05, 3.63) is 35.4 Å². The molecule has 3 rings (SSSR count). The molecular weight excluding hydrogens is 302 g/mol. The first-order valence-corrected chi connectivity index (χ1v) is 8.98. The van der Waals surface area contributed by atoms with Crippen molar-refractivity contribution in [1.82, 2.24) is 15.1 Å². The molecule has 1 atom stereocenters. The second-order valence-corrected chi connectivity index (χ2v) is 6.91. The largest absolute Gasteiger partial charge is 0.344 e. The minimum atomic E-state index is -0.286. The summed E-state index contributed by atoms with van der Waals surface area (Å²) in [6.07, 6.45) is 3.38. The fraction of sp³-hybridized carbons (Fsp3) is 0.579. The van der Waals surface area contributed by atoms with Crippen LogP contribution < -0.4 is 5.32 Å². The molecule has 0 saturated carbocycles. The van der Waals surface area contributed by atoms with Crippen LogP contribution in [0.25, 0.3) is 0 Å². The molecule has 2 heterocycles. The molecule has 0 unspecified atom stereocenters. The average molecular weight is 329 g/mol. The monoisotopic (exact) mass is 329 g/mol. The standard InChI is InChI=1S/C19H27N3O2/c1-15-4-6-16(7-5-15)3-2-10-21-11-13-22(14-12-21)19(24)17-8-9-18(23)20-17/h4-7,17H,2-3,8-14H2,1H3,(H,20,23)/t17-/m0/s1. The van der Waals surface area contributed by atoms with Crippen molar-refractivity contribution < 1.29 is 9.59 Å². The maximum absolute atomic E-state index is 12.4. The van der Waals surface area contributed by atoms with E-state index in [9.17, 15) is 9.59 Å². The number of rotatable bonds is 5. The predicted molar refractivity (Wildman–Crippen MR) is 93.7 cm³/mol. The van der Waals surface area contributed by atoms with Crippen LogP contribution in [0.2, 0.25) is 0 Å². The molecule has 0 radical (unpaired) electrons.